The van der Waals surface area contributed by atoms with Gasteiger partial charge in [0.1, 0.15) is 0 Å². The van der Waals surface area contributed by atoms with Gasteiger partial charge in [0.2, 0.25) is 0 Å². The molecule has 0 spiro atoms. The molecule has 0 saturated heterocycles. The van der Waals surface area contributed by atoms with Crippen LogP contribution < -0.4 is 5.73 Å². The molecule has 1 unspecified atom stereocenters. The van der Waals surface area contributed by atoms with Crippen molar-refractivity contribution in [3.63, 3.8) is 0 Å². The van der Waals surface area contributed by atoms with Crippen molar-refractivity contribution in [1.29, 1.82) is 0 Å². The first-order chi connectivity index (χ1) is 4.33. The van der Waals surface area contributed by atoms with Crippen LogP contribution in [-0.2, 0) is 0 Å². The van der Waals surface area contributed by atoms with Crippen LogP contribution >= 0.6 is 0 Å². The van der Waals surface area contributed by atoms with Crippen LogP contribution in [0.15, 0.2) is 16.9 Å². The highest BCUT2D eigenvalue weighted by molar-refractivity contribution is 5.05. The molecule has 0 bridgehead atoms. The highest BCUT2D eigenvalue weighted by Crippen LogP contribution is 2.16. The third-order valence-electron chi connectivity index (χ3n) is 1.51. The zero-order valence-corrected chi connectivity index (χ0v) is 5.21. The summed E-state index contributed by atoms with van der Waals surface area (Å²) in [7, 11) is 0. The van der Waals surface area contributed by atoms with E-state index in [9.17, 15) is 4.91 Å². The van der Waals surface area contributed by atoms with Gasteiger partial charge in [0, 0.05) is 12.5 Å². The predicted molar refractivity (Wildman–Crippen MR) is 35.7 cm³/mol. The van der Waals surface area contributed by atoms with Crippen molar-refractivity contribution in [2.75, 3.05) is 0 Å². The molecule has 0 saturated carbocycles. The summed E-state index contributed by atoms with van der Waals surface area (Å²) < 4.78 is 0. The van der Waals surface area contributed by atoms with E-state index < -0.39 is 0 Å². The summed E-state index contributed by atoms with van der Waals surface area (Å²) in [4.78, 5) is 9.93. The van der Waals surface area contributed by atoms with Crippen LogP contribution in [0.3, 0.4) is 0 Å². The second-order valence-electron chi connectivity index (χ2n) is 2.33. The fourth-order valence-corrected chi connectivity index (χ4v) is 0.993. The molecule has 0 aromatic carbocycles. The molecule has 0 amide bonds. The lowest BCUT2D eigenvalue weighted by Gasteiger charge is -2.13. The van der Waals surface area contributed by atoms with Gasteiger partial charge in [0.25, 0.3) is 0 Å². The average Bonchev–Trinajstić information content (AvgIpc) is 1.88. The maximum absolute atomic E-state index is 9.93. The third kappa shape index (κ3) is 1.61. The molecule has 50 valence electrons. The molecular formula is C6H10N2O. The van der Waals surface area contributed by atoms with Crippen molar-refractivity contribution in [2.45, 2.75) is 25.3 Å². The highest BCUT2D eigenvalue weighted by Gasteiger charge is 2.10. The molecule has 0 radical (unpaired) electrons. The molecule has 3 nitrogen and oxygen atoms in total. The second-order valence-corrected chi connectivity index (χ2v) is 2.33. The Bertz CT molecular complexity index is 142. The summed E-state index contributed by atoms with van der Waals surface area (Å²) in [6.45, 7) is 0. The van der Waals surface area contributed by atoms with Crippen molar-refractivity contribution in [3.05, 3.63) is 16.7 Å². The molecule has 3 heteroatoms. The molecule has 0 aromatic rings. The predicted octanol–water partition coefficient (Wildman–Crippen LogP) is 1.15. The van der Waals surface area contributed by atoms with Crippen LogP contribution in [0, 0.1) is 4.91 Å². The molecule has 2 N–H and O–H groups in total. The highest BCUT2D eigenvalue weighted by atomic mass is 16.3. The standard InChI is InChI=1S/C6H10N2O/c7-5-2-1-3-6(4-5)8-9/h3,5H,1-2,4,7H2. The Labute approximate surface area is 53.9 Å². The molecule has 9 heavy (non-hydrogen) atoms. The molecule has 1 aliphatic rings. The van der Waals surface area contributed by atoms with Crippen molar-refractivity contribution in [1.82, 2.24) is 0 Å². The number of nitroso groups, excluding NO2 is 1. The summed E-state index contributed by atoms with van der Waals surface area (Å²) in [6.07, 6.45) is 4.40. The Hall–Kier alpha value is -0.700. The van der Waals surface area contributed by atoms with E-state index in [0.717, 1.165) is 12.8 Å². The number of nitrogens with zero attached hydrogens (tertiary/aromatic N) is 1. The molecular weight excluding hydrogens is 116 g/mol. The van der Waals surface area contributed by atoms with Gasteiger partial charge < -0.3 is 5.73 Å². The van der Waals surface area contributed by atoms with Crippen LogP contribution in [0.2, 0.25) is 0 Å². The van der Waals surface area contributed by atoms with E-state index in [1.807, 2.05) is 6.08 Å². The number of nitrogens with two attached hydrogens (primary N) is 1. The van der Waals surface area contributed by atoms with Gasteiger partial charge in [-0.25, -0.2) is 0 Å². The summed E-state index contributed by atoms with van der Waals surface area (Å²) in [5.41, 5.74) is 6.18. The van der Waals surface area contributed by atoms with E-state index in [2.05, 4.69) is 5.18 Å². The number of allylic oxidation sites excluding steroid dienone is 1. The molecule has 1 atom stereocenters. The van der Waals surface area contributed by atoms with Gasteiger partial charge in [-0.15, -0.1) is 4.91 Å². The first-order valence-electron chi connectivity index (χ1n) is 3.11. The molecule has 1 aliphatic carbocycles. The minimum Gasteiger partial charge on any atom is -0.327 e. The molecule has 1 rings (SSSR count). The zero-order chi connectivity index (χ0) is 6.69. The minimum absolute atomic E-state index is 0.155. The van der Waals surface area contributed by atoms with Crippen LogP contribution in [0.5, 0.6) is 0 Å². The zero-order valence-electron chi connectivity index (χ0n) is 5.21. The Morgan fingerprint density at radius 2 is 2.56 bits per heavy atom. The Morgan fingerprint density at radius 1 is 1.78 bits per heavy atom. The van der Waals surface area contributed by atoms with Crippen molar-refractivity contribution in [2.24, 2.45) is 10.9 Å². The molecule has 0 fully saturated rings. The largest absolute Gasteiger partial charge is 0.327 e. The maximum Gasteiger partial charge on any atom is 0.0824 e. The van der Waals surface area contributed by atoms with Gasteiger partial charge in [0.15, 0.2) is 0 Å². The summed E-state index contributed by atoms with van der Waals surface area (Å²) in [5, 5.41) is 2.83. The van der Waals surface area contributed by atoms with Crippen LogP contribution in [0.25, 0.3) is 0 Å². The smallest absolute Gasteiger partial charge is 0.0824 e. The summed E-state index contributed by atoms with van der Waals surface area (Å²) in [5.74, 6) is 0. The number of hydrogen-bond donors (Lipinski definition) is 1. The lowest BCUT2D eigenvalue weighted by Crippen LogP contribution is -2.22. The first kappa shape index (κ1) is 6.42. The molecule has 0 aliphatic heterocycles. The second kappa shape index (κ2) is 2.73. The Kier molecular flexibility index (Phi) is 1.95. The Balaban J connectivity index is 2.53. The van der Waals surface area contributed by atoms with Gasteiger partial charge in [-0.05, 0) is 18.0 Å². The van der Waals surface area contributed by atoms with E-state index in [4.69, 9.17) is 5.73 Å². The minimum atomic E-state index is 0.155. The maximum atomic E-state index is 9.93. The van der Waals surface area contributed by atoms with Gasteiger partial charge in [-0.2, -0.15) is 0 Å². The number of rotatable bonds is 1. The monoisotopic (exact) mass is 126 g/mol. The van der Waals surface area contributed by atoms with Crippen LogP contribution in [-0.4, -0.2) is 6.04 Å². The fraction of sp³-hybridized carbons (Fsp3) is 0.667. The Morgan fingerprint density at radius 3 is 3.00 bits per heavy atom. The lowest BCUT2D eigenvalue weighted by atomic mass is 10.0. The SMILES string of the molecule is NC1CCC=C(N=O)C1. The molecule has 0 aromatic heterocycles. The lowest BCUT2D eigenvalue weighted by molar-refractivity contribution is 0.583. The third-order valence-corrected chi connectivity index (χ3v) is 1.51. The fourth-order valence-electron chi connectivity index (χ4n) is 0.993. The molecule has 0 heterocycles. The first-order valence-corrected chi connectivity index (χ1v) is 3.11. The quantitative estimate of drug-likeness (QED) is 0.536. The van der Waals surface area contributed by atoms with E-state index in [-0.39, 0.29) is 6.04 Å². The van der Waals surface area contributed by atoms with Crippen molar-refractivity contribution in [3.8, 4) is 0 Å². The van der Waals surface area contributed by atoms with Gasteiger partial charge in [0.05, 0.1) is 5.70 Å². The van der Waals surface area contributed by atoms with Crippen molar-refractivity contribution < 1.29 is 0 Å². The van der Waals surface area contributed by atoms with Crippen LogP contribution in [0.1, 0.15) is 19.3 Å². The van der Waals surface area contributed by atoms with Gasteiger partial charge in [-0.1, -0.05) is 6.08 Å². The van der Waals surface area contributed by atoms with Gasteiger partial charge >= 0.3 is 0 Å². The van der Waals surface area contributed by atoms with E-state index in [0.29, 0.717) is 12.1 Å². The van der Waals surface area contributed by atoms with Gasteiger partial charge in [-0.3, -0.25) is 0 Å². The summed E-state index contributed by atoms with van der Waals surface area (Å²) in [6, 6.07) is 0.155. The topological polar surface area (TPSA) is 55.4 Å². The van der Waals surface area contributed by atoms with Crippen LogP contribution in [0.4, 0.5) is 0 Å². The number of hydrogen-bond acceptors (Lipinski definition) is 3. The van der Waals surface area contributed by atoms with Crippen molar-refractivity contribution >= 4 is 0 Å². The van der Waals surface area contributed by atoms with E-state index in [1.54, 1.807) is 0 Å². The van der Waals surface area contributed by atoms with E-state index >= 15 is 0 Å². The normalized spacial score (nSPS) is 27.2. The average molecular weight is 126 g/mol. The summed E-state index contributed by atoms with van der Waals surface area (Å²) >= 11 is 0. The van der Waals surface area contributed by atoms with E-state index in [1.165, 1.54) is 0 Å².